The van der Waals surface area contributed by atoms with Crippen molar-refractivity contribution in [2.45, 2.75) is 24.6 Å². The zero-order valence-corrected chi connectivity index (χ0v) is 9.82. The second kappa shape index (κ2) is 4.36. The predicted octanol–water partition coefficient (Wildman–Crippen LogP) is -3.20. The molecule has 0 aromatic carbocycles. The van der Waals surface area contributed by atoms with Crippen LogP contribution < -0.4 is 14.7 Å². The molecule has 0 amide bonds. The summed E-state index contributed by atoms with van der Waals surface area (Å²) < 4.78 is 38.5. The van der Waals surface area contributed by atoms with Crippen molar-refractivity contribution in [1.29, 1.82) is 0 Å². The van der Waals surface area contributed by atoms with Gasteiger partial charge in [0, 0.05) is 0 Å². The maximum atomic E-state index is 10.8. The number of hydrogen-bond acceptors (Lipinski definition) is 10. The minimum Gasteiger partial charge on any atom is -0.790 e. The lowest BCUT2D eigenvalue weighted by Crippen LogP contribution is -2.35. The lowest BCUT2D eigenvalue weighted by atomic mass is 10.1. The average molecular weight is 289 g/mol. The molecule has 0 radical (unpaired) electrons. The first kappa shape index (κ1) is 13.6. The normalized spacial score (nSPS) is 46.1. The van der Waals surface area contributed by atoms with E-state index in [1.165, 1.54) is 0 Å². The van der Waals surface area contributed by atoms with Crippen LogP contribution in [0.3, 0.4) is 0 Å². The van der Waals surface area contributed by atoms with Crippen LogP contribution >= 0.6 is 15.6 Å². The lowest BCUT2D eigenvalue weighted by molar-refractivity contribution is -0.343. The molecule has 0 aliphatic carbocycles. The van der Waals surface area contributed by atoms with Gasteiger partial charge in [0.1, 0.15) is 18.3 Å². The highest BCUT2D eigenvalue weighted by atomic mass is 31.2. The fraction of sp³-hybridized carbons (Fsp3) is 1.00. The average Bonchev–Trinajstić information content (AvgIpc) is 2.57. The number of ether oxygens (including phenoxy) is 1. The molecular formula is C5H7O10P2-3. The van der Waals surface area contributed by atoms with Gasteiger partial charge in [-0.05, 0) is 0 Å². The highest BCUT2D eigenvalue weighted by Gasteiger charge is 2.52. The Balaban J connectivity index is 1.94. The molecule has 2 fully saturated rings. The van der Waals surface area contributed by atoms with Gasteiger partial charge in [0.25, 0.3) is 7.82 Å². The maximum Gasteiger partial charge on any atom is 0.270 e. The van der Waals surface area contributed by atoms with Crippen LogP contribution in [0.15, 0.2) is 0 Å². The van der Waals surface area contributed by atoms with E-state index in [1.54, 1.807) is 0 Å². The predicted molar refractivity (Wildman–Crippen MR) is 41.8 cm³/mol. The summed E-state index contributed by atoms with van der Waals surface area (Å²) in [5.74, 6) is 0. The standard InChI is InChI=1S/C5H10O10P2/c6-3-2(1-12-16(7,8)9)13-5-4(3)14-17(10,11)15-5/h2-6H,1H2,(H,10,11)(H2,7,8,9)/p-3/t2-,3-,4-,5-/m1/s1. The van der Waals surface area contributed by atoms with E-state index < -0.39 is 46.9 Å². The molecule has 0 spiro atoms. The number of rotatable bonds is 3. The van der Waals surface area contributed by atoms with Crippen molar-refractivity contribution in [1.82, 2.24) is 0 Å². The van der Waals surface area contributed by atoms with Crippen molar-refractivity contribution < 1.29 is 47.2 Å². The molecule has 2 aliphatic heterocycles. The van der Waals surface area contributed by atoms with Gasteiger partial charge < -0.3 is 38.1 Å². The molecule has 17 heavy (non-hydrogen) atoms. The molecule has 100 valence electrons. The molecule has 5 atom stereocenters. The fourth-order valence-corrected chi connectivity index (χ4v) is 2.83. The van der Waals surface area contributed by atoms with E-state index >= 15 is 0 Å². The molecular weight excluding hydrogens is 282 g/mol. The number of aliphatic hydroxyl groups is 1. The van der Waals surface area contributed by atoms with Crippen molar-refractivity contribution in [3.63, 3.8) is 0 Å². The van der Waals surface area contributed by atoms with Crippen LogP contribution in [0.1, 0.15) is 0 Å². The van der Waals surface area contributed by atoms with Crippen molar-refractivity contribution in [2.24, 2.45) is 0 Å². The Morgan fingerprint density at radius 1 is 1.41 bits per heavy atom. The number of hydrogen-bond donors (Lipinski definition) is 1. The third-order valence-corrected chi connectivity index (χ3v) is 3.61. The van der Waals surface area contributed by atoms with Gasteiger partial charge in [-0.15, -0.1) is 0 Å². The van der Waals surface area contributed by atoms with E-state index in [0.29, 0.717) is 0 Å². The molecule has 0 saturated carbocycles. The molecule has 1 unspecified atom stereocenters. The quantitative estimate of drug-likeness (QED) is 0.523. The Labute approximate surface area is 94.9 Å². The minimum absolute atomic E-state index is 0.742. The molecule has 0 bridgehead atoms. The maximum absolute atomic E-state index is 10.8. The van der Waals surface area contributed by atoms with Crippen LogP contribution in [0.2, 0.25) is 0 Å². The smallest absolute Gasteiger partial charge is 0.270 e. The lowest BCUT2D eigenvalue weighted by Gasteiger charge is -2.30. The van der Waals surface area contributed by atoms with Gasteiger partial charge in [0.05, 0.1) is 14.4 Å². The Hall–Kier alpha value is 0.140. The van der Waals surface area contributed by atoms with Crippen molar-refractivity contribution in [2.75, 3.05) is 6.61 Å². The zero-order valence-electron chi connectivity index (χ0n) is 8.03. The molecule has 1 N–H and O–H groups in total. The van der Waals surface area contributed by atoms with Gasteiger partial charge in [0.15, 0.2) is 6.29 Å². The van der Waals surface area contributed by atoms with Crippen molar-refractivity contribution in [3.8, 4) is 0 Å². The third-order valence-electron chi connectivity index (χ3n) is 2.18. The van der Waals surface area contributed by atoms with E-state index in [1.807, 2.05) is 0 Å². The van der Waals surface area contributed by atoms with Crippen LogP contribution in [0, 0.1) is 0 Å². The second-order valence-corrected chi connectivity index (χ2v) is 5.87. The molecule has 2 rings (SSSR count). The summed E-state index contributed by atoms with van der Waals surface area (Å²) in [6.45, 7) is -0.742. The van der Waals surface area contributed by atoms with E-state index in [9.17, 15) is 28.9 Å². The van der Waals surface area contributed by atoms with Crippen LogP contribution in [0.5, 0.6) is 0 Å². The first-order valence-electron chi connectivity index (χ1n) is 4.36. The summed E-state index contributed by atoms with van der Waals surface area (Å²) in [4.78, 5) is 31.2. The van der Waals surface area contributed by atoms with E-state index in [0.717, 1.165) is 0 Å². The number of fused-ring (bicyclic) bond motifs is 1. The first-order valence-corrected chi connectivity index (χ1v) is 7.28. The Kier molecular flexibility index (Phi) is 3.48. The van der Waals surface area contributed by atoms with E-state index in [-0.39, 0.29) is 0 Å². The van der Waals surface area contributed by atoms with Gasteiger partial charge in [-0.2, -0.15) is 0 Å². The van der Waals surface area contributed by atoms with Gasteiger partial charge in [-0.25, -0.2) is 0 Å². The summed E-state index contributed by atoms with van der Waals surface area (Å²) in [7, 11) is -9.68. The van der Waals surface area contributed by atoms with Gasteiger partial charge >= 0.3 is 0 Å². The summed E-state index contributed by atoms with van der Waals surface area (Å²) in [6.07, 6.45) is -5.35. The van der Waals surface area contributed by atoms with Crippen molar-refractivity contribution in [3.05, 3.63) is 0 Å². The van der Waals surface area contributed by atoms with Crippen molar-refractivity contribution >= 4 is 15.6 Å². The van der Waals surface area contributed by atoms with Crippen LogP contribution in [-0.2, 0) is 27.4 Å². The van der Waals surface area contributed by atoms with Gasteiger partial charge in [-0.1, -0.05) is 0 Å². The highest BCUT2D eigenvalue weighted by Crippen LogP contribution is 2.53. The SMILES string of the molecule is O=P([O-])([O-])OC[C@H]1O[C@@H]2OP(=O)([O-])O[C@@H]2[C@@H]1O. The Bertz CT molecular complexity index is 390. The fourth-order valence-electron chi connectivity index (χ4n) is 1.50. The Morgan fingerprint density at radius 2 is 2.06 bits per heavy atom. The summed E-state index contributed by atoms with van der Waals surface area (Å²) >= 11 is 0. The molecule has 2 heterocycles. The molecule has 12 heteroatoms. The largest absolute Gasteiger partial charge is 0.790 e. The number of phosphoric acid groups is 2. The molecule has 0 aromatic rings. The molecule has 0 aromatic heterocycles. The van der Waals surface area contributed by atoms with E-state index in [2.05, 4.69) is 13.6 Å². The topological polar surface area (TPSA) is 160 Å². The monoisotopic (exact) mass is 289 g/mol. The molecule has 2 aliphatic rings. The van der Waals surface area contributed by atoms with Crippen LogP contribution in [-0.4, -0.2) is 36.3 Å². The molecule has 10 nitrogen and oxygen atoms in total. The number of aliphatic hydroxyl groups excluding tert-OH is 1. The highest BCUT2D eigenvalue weighted by molar-refractivity contribution is 7.46. The third kappa shape index (κ3) is 3.12. The minimum atomic E-state index is -5.19. The summed E-state index contributed by atoms with van der Waals surface area (Å²) in [6, 6.07) is 0. The second-order valence-electron chi connectivity index (χ2n) is 3.40. The van der Waals surface area contributed by atoms with Gasteiger partial charge in [-0.3, -0.25) is 9.09 Å². The summed E-state index contributed by atoms with van der Waals surface area (Å²) in [5, 5.41) is 9.52. The zero-order chi connectivity index (χ0) is 12.8. The van der Waals surface area contributed by atoms with E-state index in [4.69, 9.17) is 4.74 Å². The molecule has 2 saturated heterocycles. The first-order chi connectivity index (χ1) is 7.68. The Morgan fingerprint density at radius 3 is 2.59 bits per heavy atom. The van der Waals surface area contributed by atoms with Crippen LogP contribution in [0.4, 0.5) is 0 Å². The summed E-state index contributed by atoms with van der Waals surface area (Å²) in [5.41, 5.74) is 0. The number of phosphoric ester groups is 2. The van der Waals surface area contributed by atoms with Gasteiger partial charge in [0.2, 0.25) is 0 Å². The van der Waals surface area contributed by atoms with Crippen LogP contribution in [0.25, 0.3) is 0 Å².